The Morgan fingerprint density at radius 2 is 1.60 bits per heavy atom. The molecule has 2 fully saturated rings. The number of piperidine rings is 2. The fourth-order valence-corrected chi connectivity index (χ4v) is 3.79. The predicted molar refractivity (Wildman–Crippen MR) is 92.7 cm³/mol. The number of benzene rings is 1. The van der Waals surface area contributed by atoms with Gasteiger partial charge in [-0.1, -0.05) is 0 Å². The molecule has 3 rings (SSSR count). The summed E-state index contributed by atoms with van der Waals surface area (Å²) in [4.78, 5) is 14.8. The molecule has 0 unspecified atom stereocenters. The van der Waals surface area contributed by atoms with Gasteiger partial charge in [-0.3, -0.25) is 4.79 Å². The van der Waals surface area contributed by atoms with Gasteiger partial charge in [0.25, 0.3) is 0 Å². The predicted octanol–water partition coefficient (Wildman–Crippen LogP) is 3.42. The third-order valence-corrected chi connectivity index (χ3v) is 5.19. The van der Waals surface area contributed by atoms with Crippen LogP contribution in [0.5, 0.6) is 0 Å². The van der Waals surface area contributed by atoms with Gasteiger partial charge in [-0.2, -0.15) is 0 Å². The van der Waals surface area contributed by atoms with Crippen molar-refractivity contribution in [2.45, 2.75) is 25.7 Å². The van der Waals surface area contributed by atoms with Crippen LogP contribution in [0, 0.1) is 29.3 Å². The zero-order valence-corrected chi connectivity index (χ0v) is 14.9. The quantitative estimate of drug-likeness (QED) is 0.817. The van der Waals surface area contributed by atoms with Crippen LogP contribution in [0.4, 0.5) is 13.2 Å². The van der Waals surface area contributed by atoms with Crippen LogP contribution in [0.1, 0.15) is 36.0 Å². The molecule has 2 aliphatic rings. The number of nitrogens with zero attached hydrogens (tertiary/aromatic N) is 1. The Hall–Kier alpha value is -1.11. The number of ketones is 1. The van der Waals surface area contributed by atoms with Crippen molar-refractivity contribution >= 4 is 18.2 Å². The van der Waals surface area contributed by atoms with Gasteiger partial charge < -0.3 is 10.2 Å². The first-order valence-corrected chi connectivity index (χ1v) is 8.66. The summed E-state index contributed by atoms with van der Waals surface area (Å²) in [7, 11) is 0. The second-order valence-electron chi connectivity index (χ2n) is 6.88. The monoisotopic (exact) mass is 376 g/mol. The SMILES string of the molecule is Cl.O=C(c1c(F)cc(F)cc1F)C1CCN(CC2CCNCC2)CC1. The van der Waals surface area contributed by atoms with Gasteiger partial charge in [0.15, 0.2) is 5.78 Å². The van der Waals surface area contributed by atoms with E-state index in [0.29, 0.717) is 30.9 Å². The Kier molecular flexibility index (Phi) is 7.28. The zero-order chi connectivity index (χ0) is 17.1. The summed E-state index contributed by atoms with van der Waals surface area (Å²) >= 11 is 0. The van der Waals surface area contributed by atoms with E-state index in [1.165, 1.54) is 12.8 Å². The number of carbonyl (C=O) groups is 1. The van der Waals surface area contributed by atoms with Crippen molar-refractivity contribution in [2.24, 2.45) is 11.8 Å². The Labute approximate surface area is 152 Å². The number of hydrogen-bond acceptors (Lipinski definition) is 3. The Morgan fingerprint density at radius 3 is 2.16 bits per heavy atom. The average Bonchev–Trinajstić information content (AvgIpc) is 2.55. The van der Waals surface area contributed by atoms with Crippen LogP contribution in [-0.2, 0) is 0 Å². The molecule has 25 heavy (non-hydrogen) atoms. The summed E-state index contributed by atoms with van der Waals surface area (Å²) < 4.78 is 40.6. The first-order valence-electron chi connectivity index (χ1n) is 8.66. The molecule has 7 heteroatoms. The van der Waals surface area contributed by atoms with E-state index >= 15 is 0 Å². The molecule has 0 saturated carbocycles. The number of rotatable bonds is 4. The summed E-state index contributed by atoms with van der Waals surface area (Å²) in [5, 5.41) is 3.35. The minimum atomic E-state index is -1.10. The number of hydrogen-bond donors (Lipinski definition) is 1. The van der Waals surface area contributed by atoms with Crippen molar-refractivity contribution in [3.05, 3.63) is 35.1 Å². The smallest absolute Gasteiger partial charge is 0.171 e. The fraction of sp³-hybridized carbons (Fsp3) is 0.611. The maximum absolute atomic E-state index is 13.8. The lowest BCUT2D eigenvalue weighted by molar-refractivity contribution is 0.0810. The third kappa shape index (κ3) is 4.96. The molecular weight excluding hydrogens is 353 g/mol. The first kappa shape index (κ1) is 20.2. The molecule has 0 bridgehead atoms. The van der Waals surface area contributed by atoms with Crippen LogP contribution < -0.4 is 5.32 Å². The minimum absolute atomic E-state index is 0. The highest BCUT2D eigenvalue weighted by Crippen LogP contribution is 2.26. The summed E-state index contributed by atoms with van der Waals surface area (Å²) in [6, 6.07) is 1.14. The van der Waals surface area contributed by atoms with Gasteiger partial charge in [0, 0.05) is 24.6 Å². The molecule has 2 saturated heterocycles. The molecule has 0 radical (unpaired) electrons. The average molecular weight is 377 g/mol. The van der Waals surface area contributed by atoms with E-state index in [2.05, 4.69) is 10.2 Å². The normalized spacial score (nSPS) is 20.3. The molecule has 140 valence electrons. The molecule has 0 spiro atoms. The van der Waals surface area contributed by atoms with Crippen LogP contribution in [-0.4, -0.2) is 43.4 Å². The minimum Gasteiger partial charge on any atom is -0.317 e. The number of halogens is 4. The fourth-order valence-electron chi connectivity index (χ4n) is 3.79. The highest BCUT2D eigenvalue weighted by Gasteiger charge is 2.30. The van der Waals surface area contributed by atoms with E-state index in [-0.39, 0.29) is 18.3 Å². The van der Waals surface area contributed by atoms with Crippen LogP contribution in [0.25, 0.3) is 0 Å². The molecule has 2 heterocycles. The van der Waals surface area contributed by atoms with E-state index in [1.54, 1.807) is 0 Å². The second-order valence-corrected chi connectivity index (χ2v) is 6.88. The highest BCUT2D eigenvalue weighted by atomic mass is 35.5. The number of likely N-dealkylation sites (tertiary alicyclic amines) is 1. The second kappa shape index (κ2) is 9.01. The van der Waals surface area contributed by atoms with Crippen molar-refractivity contribution < 1.29 is 18.0 Å². The molecule has 1 aromatic carbocycles. The van der Waals surface area contributed by atoms with E-state index in [9.17, 15) is 18.0 Å². The lowest BCUT2D eigenvalue weighted by Crippen LogP contribution is -2.41. The lowest BCUT2D eigenvalue weighted by Gasteiger charge is -2.35. The third-order valence-electron chi connectivity index (χ3n) is 5.19. The first-order chi connectivity index (χ1) is 11.5. The molecule has 0 amide bonds. The van der Waals surface area contributed by atoms with E-state index < -0.39 is 28.8 Å². The molecule has 3 nitrogen and oxygen atoms in total. The molecule has 1 aromatic rings. The van der Waals surface area contributed by atoms with E-state index in [4.69, 9.17) is 0 Å². The van der Waals surface area contributed by atoms with Crippen molar-refractivity contribution in [2.75, 3.05) is 32.7 Å². The zero-order valence-electron chi connectivity index (χ0n) is 14.1. The van der Waals surface area contributed by atoms with Crippen LogP contribution in [0.2, 0.25) is 0 Å². The molecule has 0 aliphatic carbocycles. The highest BCUT2D eigenvalue weighted by molar-refractivity contribution is 5.98. The van der Waals surface area contributed by atoms with Crippen LogP contribution >= 0.6 is 12.4 Å². The summed E-state index contributed by atoms with van der Waals surface area (Å²) in [6.45, 7) is 4.68. The molecular formula is C18H24ClF3N2O. The van der Waals surface area contributed by atoms with Gasteiger partial charge >= 0.3 is 0 Å². The van der Waals surface area contributed by atoms with Gasteiger partial charge in [0.05, 0.1) is 5.56 Å². The van der Waals surface area contributed by atoms with Crippen LogP contribution in [0.3, 0.4) is 0 Å². The van der Waals surface area contributed by atoms with Gasteiger partial charge in [0.1, 0.15) is 17.5 Å². The maximum Gasteiger partial charge on any atom is 0.171 e. The topological polar surface area (TPSA) is 32.3 Å². The van der Waals surface area contributed by atoms with Crippen molar-refractivity contribution in [1.82, 2.24) is 10.2 Å². The van der Waals surface area contributed by atoms with E-state index in [1.807, 2.05) is 0 Å². The largest absolute Gasteiger partial charge is 0.317 e. The van der Waals surface area contributed by atoms with Crippen molar-refractivity contribution in [1.29, 1.82) is 0 Å². The van der Waals surface area contributed by atoms with E-state index in [0.717, 1.165) is 32.7 Å². The Balaban J connectivity index is 0.00000225. The van der Waals surface area contributed by atoms with Gasteiger partial charge in [0.2, 0.25) is 0 Å². The summed E-state index contributed by atoms with van der Waals surface area (Å²) in [5.74, 6) is -3.44. The van der Waals surface area contributed by atoms with Crippen LogP contribution in [0.15, 0.2) is 12.1 Å². The van der Waals surface area contributed by atoms with Gasteiger partial charge in [-0.15, -0.1) is 12.4 Å². The molecule has 0 aromatic heterocycles. The van der Waals surface area contributed by atoms with Crippen molar-refractivity contribution in [3.8, 4) is 0 Å². The Bertz CT molecular complexity index is 577. The summed E-state index contributed by atoms with van der Waals surface area (Å²) in [6.07, 6.45) is 3.54. The van der Waals surface area contributed by atoms with Crippen molar-refractivity contribution in [3.63, 3.8) is 0 Å². The Morgan fingerprint density at radius 1 is 1.04 bits per heavy atom. The number of nitrogens with one attached hydrogen (secondary N) is 1. The molecule has 0 atom stereocenters. The number of carbonyl (C=O) groups excluding carboxylic acids is 1. The number of Topliss-reactive ketones (excluding diaryl/α,β-unsaturated/α-hetero) is 1. The van der Waals surface area contributed by atoms with Gasteiger partial charge in [-0.25, -0.2) is 13.2 Å². The summed E-state index contributed by atoms with van der Waals surface area (Å²) in [5.41, 5.74) is -0.590. The standard InChI is InChI=1S/C18H23F3N2O.ClH/c19-14-9-15(20)17(16(21)10-14)18(24)13-3-7-23(8-4-13)11-12-1-5-22-6-2-12;/h9-10,12-13,22H,1-8,11H2;1H. The van der Waals surface area contributed by atoms with Gasteiger partial charge in [-0.05, 0) is 57.8 Å². The molecule has 2 aliphatic heterocycles. The molecule has 1 N–H and O–H groups in total. The lowest BCUT2D eigenvalue weighted by atomic mass is 9.87. The maximum atomic E-state index is 13.8.